The Morgan fingerprint density at radius 2 is 2.10 bits per heavy atom. The lowest BCUT2D eigenvalue weighted by atomic mass is 10.2. The molecule has 1 atom stereocenters. The first-order valence-electron chi connectivity index (χ1n) is 6.11. The molecule has 1 aromatic carbocycles. The predicted molar refractivity (Wildman–Crippen MR) is 84.2 cm³/mol. The number of aliphatic carboxylic acids is 1. The molecule has 0 fully saturated rings. The molecule has 2 rings (SSSR count). The van der Waals surface area contributed by atoms with Crippen molar-refractivity contribution in [1.82, 2.24) is 10.6 Å². The standard InChI is InChI=1S/C14H13BrN2O3S/c15-10-4-1-3-9(7-10)8-16-14(20)17-12(13(18)19)11-5-2-6-21-11/h1-7,12H,8H2,(H,18,19)(H2,16,17,20). The highest BCUT2D eigenvalue weighted by atomic mass is 79.9. The lowest BCUT2D eigenvalue weighted by Gasteiger charge is -2.14. The molecule has 1 heterocycles. The van der Waals surface area contributed by atoms with Crippen LogP contribution in [0.3, 0.4) is 0 Å². The fraction of sp³-hybridized carbons (Fsp3) is 0.143. The zero-order chi connectivity index (χ0) is 15.2. The van der Waals surface area contributed by atoms with Crippen molar-refractivity contribution >= 4 is 39.3 Å². The summed E-state index contributed by atoms with van der Waals surface area (Å²) in [6.07, 6.45) is 0. The van der Waals surface area contributed by atoms with Gasteiger partial charge in [-0.05, 0) is 29.1 Å². The largest absolute Gasteiger partial charge is 0.479 e. The van der Waals surface area contributed by atoms with Gasteiger partial charge in [0.2, 0.25) is 0 Å². The molecule has 0 aliphatic heterocycles. The van der Waals surface area contributed by atoms with Crippen LogP contribution in [0.5, 0.6) is 0 Å². The van der Waals surface area contributed by atoms with Crippen LogP contribution in [0.2, 0.25) is 0 Å². The zero-order valence-corrected chi connectivity index (χ0v) is 13.3. The van der Waals surface area contributed by atoms with Crippen LogP contribution in [-0.2, 0) is 11.3 Å². The van der Waals surface area contributed by atoms with E-state index in [-0.39, 0.29) is 0 Å². The SMILES string of the molecule is O=C(NCc1cccc(Br)c1)NC(C(=O)O)c1cccs1. The number of halogens is 1. The third kappa shape index (κ3) is 4.57. The summed E-state index contributed by atoms with van der Waals surface area (Å²) in [4.78, 5) is 23.6. The number of nitrogens with one attached hydrogen (secondary N) is 2. The molecule has 21 heavy (non-hydrogen) atoms. The van der Waals surface area contributed by atoms with Crippen molar-refractivity contribution < 1.29 is 14.7 Å². The molecular formula is C14H13BrN2O3S. The minimum Gasteiger partial charge on any atom is -0.479 e. The smallest absolute Gasteiger partial charge is 0.331 e. The lowest BCUT2D eigenvalue weighted by molar-refractivity contribution is -0.139. The van der Waals surface area contributed by atoms with Crippen LogP contribution in [0.4, 0.5) is 4.79 Å². The number of carboxylic acid groups (broad SMARTS) is 1. The van der Waals surface area contributed by atoms with E-state index in [2.05, 4.69) is 26.6 Å². The molecule has 0 aliphatic rings. The Morgan fingerprint density at radius 1 is 1.29 bits per heavy atom. The monoisotopic (exact) mass is 368 g/mol. The second kappa shape index (κ2) is 7.24. The number of rotatable bonds is 5. The van der Waals surface area contributed by atoms with Gasteiger partial charge in [0.1, 0.15) is 0 Å². The van der Waals surface area contributed by atoms with E-state index < -0.39 is 18.0 Å². The summed E-state index contributed by atoms with van der Waals surface area (Å²) in [5.74, 6) is -1.09. The number of carbonyl (C=O) groups excluding carboxylic acids is 1. The van der Waals surface area contributed by atoms with Crippen LogP contribution in [-0.4, -0.2) is 17.1 Å². The molecule has 0 saturated carbocycles. The molecular weight excluding hydrogens is 356 g/mol. The molecule has 0 spiro atoms. The molecule has 0 aliphatic carbocycles. The van der Waals surface area contributed by atoms with Crippen molar-refractivity contribution in [2.24, 2.45) is 0 Å². The average Bonchev–Trinajstić information content (AvgIpc) is 2.96. The average molecular weight is 369 g/mol. The Morgan fingerprint density at radius 3 is 2.71 bits per heavy atom. The van der Waals surface area contributed by atoms with Gasteiger partial charge in [0.15, 0.2) is 6.04 Å². The van der Waals surface area contributed by atoms with Crippen molar-refractivity contribution in [2.75, 3.05) is 0 Å². The number of benzene rings is 1. The minimum absolute atomic E-state index is 0.321. The third-order valence-corrected chi connectivity index (χ3v) is 4.12. The number of amides is 2. The second-order valence-corrected chi connectivity index (χ2v) is 6.14. The maximum atomic E-state index is 11.8. The normalized spacial score (nSPS) is 11.7. The summed E-state index contributed by atoms with van der Waals surface area (Å²) in [5.41, 5.74) is 0.919. The van der Waals surface area contributed by atoms with E-state index in [4.69, 9.17) is 0 Å². The molecule has 3 N–H and O–H groups in total. The number of carboxylic acids is 1. The summed E-state index contributed by atoms with van der Waals surface area (Å²) in [6.45, 7) is 0.321. The Balaban J connectivity index is 1.92. The van der Waals surface area contributed by atoms with E-state index in [1.54, 1.807) is 17.5 Å². The van der Waals surface area contributed by atoms with E-state index >= 15 is 0 Å². The number of hydrogen-bond acceptors (Lipinski definition) is 3. The van der Waals surface area contributed by atoms with Gasteiger partial charge in [0.25, 0.3) is 0 Å². The van der Waals surface area contributed by atoms with Crippen LogP contribution < -0.4 is 10.6 Å². The van der Waals surface area contributed by atoms with Gasteiger partial charge in [-0.3, -0.25) is 0 Å². The quantitative estimate of drug-likeness (QED) is 0.758. The van der Waals surface area contributed by atoms with Gasteiger partial charge < -0.3 is 15.7 Å². The molecule has 2 aromatic rings. The molecule has 5 nitrogen and oxygen atoms in total. The van der Waals surface area contributed by atoms with E-state index in [9.17, 15) is 14.7 Å². The van der Waals surface area contributed by atoms with Gasteiger partial charge in [0, 0.05) is 15.9 Å². The first-order valence-corrected chi connectivity index (χ1v) is 7.78. The lowest BCUT2D eigenvalue weighted by Crippen LogP contribution is -2.40. The molecule has 0 bridgehead atoms. The topological polar surface area (TPSA) is 78.4 Å². The number of carbonyl (C=O) groups is 2. The van der Waals surface area contributed by atoms with Gasteiger partial charge in [0.05, 0.1) is 0 Å². The summed E-state index contributed by atoms with van der Waals surface area (Å²) in [6, 6.07) is 9.39. The molecule has 1 aromatic heterocycles. The first-order chi connectivity index (χ1) is 10.1. The molecule has 110 valence electrons. The number of urea groups is 1. The Hall–Kier alpha value is -1.86. The number of thiophene rings is 1. The van der Waals surface area contributed by atoms with Crippen LogP contribution in [0, 0.1) is 0 Å². The van der Waals surface area contributed by atoms with Crippen LogP contribution in [0.1, 0.15) is 16.5 Å². The van der Waals surface area contributed by atoms with Gasteiger partial charge in [-0.15, -0.1) is 11.3 Å². The maximum absolute atomic E-state index is 11.8. The van der Waals surface area contributed by atoms with Crippen LogP contribution >= 0.6 is 27.3 Å². The van der Waals surface area contributed by atoms with E-state index in [1.165, 1.54) is 11.3 Å². The minimum atomic E-state index is -1.09. The third-order valence-electron chi connectivity index (χ3n) is 2.69. The zero-order valence-electron chi connectivity index (χ0n) is 10.9. The highest BCUT2D eigenvalue weighted by Crippen LogP contribution is 2.19. The van der Waals surface area contributed by atoms with Gasteiger partial charge in [-0.25, -0.2) is 9.59 Å². The Labute approximate surface area is 134 Å². The summed E-state index contributed by atoms with van der Waals surface area (Å²) >= 11 is 4.64. The molecule has 7 heteroatoms. The summed E-state index contributed by atoms with van der Waals surface area (Å²) in [5, 5.41) is 16.0. The van der Waals surface area contributed by atoms with E-state index in [0.717, 1.165) is 10.0 Å². The molecule has 0 radical (unpaired) electrons. The van der Waals surface area contributed by atoms with Crippen molar-refractivity contribution in [3.63, 3.8) is 0 Å². The number of hydrogen-bond donors (Lipinski definition) is 3. The van der Waals surface area contributed by atoms with E-state index in [0.29, 0.717) is 11.4 Å². The molecule has 0 saturated heterocycles. The molecule has 1 unspecified atom stereocenters. The Kier molecular flexibility index (Phi) is 5.35. The van der Waals surface area contributed by atoms with Crippen molar-refractivity contribution in [2.45, 2.75) is 12.6 Å². The first kappa shape index (κ1) is 15.5. The van der Waals surface area contributed by atoms with Crippen molar-refractivity contribution in [3.05, 3.63) is 56.7 Å². The van der Waals surface area contributed by atoms with Crippen LogP contribution in [0.15, 0.2) is 46.3 Å². The van der Waals surface area contributed by atoms with Gasteiger partial charge in [-0.1, -0.05) is 34.1 Å². The maximum Gasteiger partial charge on any atom is 0.331 e. The van der Waals surface area contributed by atoms with Crippen molar-refractivity contribution in [3.8, 4) is 0 Å². The Bertz CT molecular complexity index is 631. The van der Waals surface area contributed by atoms with Crippen LogP contribution in [0.25, 0.3) is 0 Å². The molecule has 2 amide bonds. The summed E-state index contributed by atoms with van der Waals surface area (Å²) in [7, 11) is 0. The highest BCUT2D eigenvalue weighted by Gasteiger charge is 2.22. The fourth-order valence-electron chi connectivity index (χ4n) is 1.72. The fourth-order valence-corrected chi connectivity index (χ4v) is 2.94. The van der Waals surface area contributed by atoms with Gasteiger partial charge in [-0.2, -0.15) is 0 Å². The highest BCUT2D eigenvalue weighted by molar-refractivity contribution is 9.10. The van der Waals surface area contributed by atoms with Gasteiger partial charge >= 0.3 is 12.0 Å². The van der Waals surface area contributed by atoms with Crippen molar-refractivity contribution in [1.29, 1.82) is 0 Å². The second-order valence-electron chi connectivity index (χ2n) is 4.24. The van der Waals surface area contributed by atoms with E-state index in [1.807, 2.05) is 24.3 Å². The summed E-state index contributed by atoms with van der Waals surface area (Å²) < 4.78 is 0.921. The predicted octanol–water partition coefficient (Wildman–Crippen LogP) is 3.14.